The van der Waals surface area contributed by atoms with E-state index in [2.05, 4.69) is 6.42 Å². The molecule has 4 aliphatic carbocycles. The average Bonchev–Trinajstić information content (AvgIpc) is 2.15. The van der Waals surface area contributed by atoms with Crippen LogP contribution in [-0.2, 0) is 9.59 Å². The number of amides is 1. The van der Waals surface area contributed by atoms with Gasteiger partial charge in [0.1, 0.15) is 6.29 Å². The summed E-state index contributed by atoms with van der Waals surface area (Å²) in [5.74, 6) is 0.770. The topological polar surface area (TPSA) is 60.2 Å². The monoisotopic (exact) mass is 206 g/mol. The highest BCUT2D eigenvalue weighted by atomic mass is 16.1. The van der Waals surface area contributed by atoms with Crippen LogP contribution in [0.2, 0.25) is 0 Å². The fourth-order valence-electron chi connectivity index (χ4n) is 4.40. The van der Waals surface area contributed by atoms with E-state index in [0.29, 0.717) is 18.3 Å². The first-order valence-corrected chi connectivity index (χ1v) is 5.70. The predicted molar refractivity (Wildman–Crippen MR) is 54.5 cm³/mol. The number of rotatable bonds is 2. The number of hydrogen-bond acceptors (Lipinski definition) is 2. The van der Waals surface area contributed by atoms with Gasteiger partial charge < -0.3 is 10.5 Å². The highest BCUT2D eigenvalue weighted by molar-refractivity contribution is 5.84. The highest BCUT2D eigenvalue weighted by Crippen LogP contribution is 2.63. The second-order valence-electron chi connectivity index (χ2n) is 5.82. The van der Waals surface area contributed by atoms with Gasteiger partial charge in [-0.05, 0) is 50.4 Å². The van der Waals surface area contributed by atoms with Crippen LogP contribution >= 0.6 is 0 Å². The summed E-state index contributed by atoms with van der Waals surface area (Å²) in [5, 5.41) is 0. The summed E-state index contributed by atoms with van der Waals surface area (Å²) in [7, 11) is 0. The van der Waals surface area contributed by atoms with Crippen molar-refractivity contribution < 1.29 is 9.59 Å². The van der Waals surface area contributed by atoms with E-state index in [1.54, 1.807) is 0 Å². The van der Waals surface area contributed by atoms with Crippen molar-refractivity contribution in [2.45, 2.75) is 32.1 Å². The normalized spacial score (nSPS) is 51.7. The standard InChI is InChI=1S/C12H16NO2/c13-10(15)12-4-8-1-9(5-12)3-11(2-8,6-12)7-14/h4,7-9H,1-3,5-6H2,(H2,13,15). The van der Waals surface area contributed by atoms with Gasteiger partial charge in [0.05, 0.1) is 5.41 Å². The molecule has 1 radical (unpaired) electrons. The lowest BCUT2D eigenvalue weighted by molar-refractivity contribution is -0.147. The second-order valence-corrected chi connectivity index (χ2v) is 5.82. The molecule has 0 spiro atoms. The summed E-state index contributed by atoms with van der Waals surface area (Å²) in [6.07, 6.45) is 7.88. The van der Waals surface area contributed by atoms with Gasteiger partial charge in [-0.3, -0.25) is 4.79 Å². The van der Waals surface area contributed by atoms with Crippen LogP contribution in [0.5, 0.6) is 0 Å². The first kappa shape index (κ1) is 9.37. The van der Waals surface area contributed by atoms with Gasteiger partial charge in [-0.1, -0.05) is 0 Å². The fourth-order valence-corrected chi connectivity index (χ4v) is 4.40. The van der Waals surface area contributed by atoms with Gasteiger partial charge in [0.25, 0.3) is 0 Å². The maximum Gasteiger partial charge on any atom is 0.223 e. The second kappa shape index (κ2) is 2.63. The zero-order valence-corrected chi connectivity index (χ0v) is 8.74. The third-order valence-electron chi connectivity index (χ3n) is 4.62. The van der Waals surface area contributed by atoms with Crippen LogP contribution in [0.25, 0.3) is 0 Å². The van der Waals surface area contributed by atoms with Crippen molar-refractivity contribution in [1.29, 1.82) is 0 Å². The molecule has 0 aliphatic heterocycles. The first-order chi connectivity index (χ1) is 7.07. The van der Waals surface area contributed by atoms with E-state index in [9.17, 15) is 9.59 Å². The Balaban J connectivity index is 2.02. The quantitative estimate of drug-likeness (QED) is 0.687. The summed E-state index contributed by atoms with van der Waals surface area (Å²) in [6.45, 7) is 0. The van der Waals surface area contributed by atoms with Crippen LogP contribution in [0.3, 0.4) is 0 Å². The lowest BCUT2D eigenvalue weighted by atomic mass is 9.44. The zero-order chi connectivity index (χ0) is 10.7. The minimum atomic E-state index is -0.453. The van der Waals surface area contributed by atoms with Crippen molar-refractivity contribution in [3.05, 3.63) is 6.42 Å². The molecular formula is C12H16NO2. The first-order valence-electron chi connectivity index (χ1n) is 5.70. The maximum atomic E-state index is 11.6. The molecule has 81 valence electrons. The number of aldehydes is 1. The summed E-state index contributed by atoms with van der Waals surface area (Å²) in [6, 6.07) is 0. The molecule has 4 fully saturated rings. The van der Waals surface area contributed by atoms with Crippen molar-refractivity contribution in [2.24, 2.45) is 28.4 Å². The molecular weight excluding hydrogens is 190 g/mol. The van der Waals surface area contributed by atoms with E-state index in [4.69, 9.17) is 5.73 Å². The van der Waals surface area contributed by atoms with E-state index in [1.165, 1.54) is 0 Å². The number of primary amides is 1. The fraction of sp³-hybridized carbons (Fsp3) is 0.750. The molecule has 0 heterocycles. The van der Waals surface area contributed by atoms with Gasteiger partial charge >= 0.3 is 0 Å². The van der Waals surface area contributed by atoms with Crippen molar-refractivity contribution in [3.8, 4) is 0 Å². The molecule has 4 bridgehead atoms. The Morgan fingerprint density at radius 1 is 1.40 bits per heavy atom. The summed E-state index contributed by atoms with van der Waals surface area (Å²) >= 11 is 0. The molecule has 0 aromatic heterocycles. The number of hydrogen-bond donors (Lipinski definition) is 1. The molecule has 4 saturated carbocycles. The third-order valence-corrected chi connectivity index (χ3v) is 4.62. The Morgan fingerprint density at radius 3 is 2.80 bits per heavy atom. The number of carbonyl (C=O) groups excluding carboxylic acids is 2. The SMILES string of the molecule is NC(=O)C12[CH]C3CC(CC(C=O)(C3)C1)C2. The van der Waals surface area contributed by atoms with Gasteiger partial charge in [-0.2, -0.15) is 0 Å². The molecule has 4 atom stereocenters. The Bertz CT molecular complexity index is 323. The molecule has 1 amide bonds. The Hall–Kier alpha value is -0.860. The lowest BCUT2D eigenvalue weighted by Crippen LogP contribution is -2.57. The van der Waals surface area contributed by atoms with Crippen molar-refractivity contribution in [3.63, 3.8) is 0 Å². The molecule has 4 aliphatic rings. The lowest BCUT2D eigenvalue weighted by Gasteiger charge is -2.58. The number of nitrogens with two attached hydrogens (primary N) is 1. The van der Waals surface area contributed by atoms with Crippen LogP contribution in [0, 0.1) is 29.1 Å². The smallest absolute Gasteiger partial charge is 0.223 e. The molecule has 2 N–H and O–H groups in total. The van der Waals surface area contributed by atoms with E-state index in [-0.39, 0.29) is 11.3 Å². The minimum absolute atomic E-state index is 0.220. The van der Waals surface area contributed by atoms with Crippen molar-refractivity contribution >= 4 is 12.2 Å². The molecule has 4 rings (SSSR count). The summed E-state index contributed by atoms with van der Waals surface area (Å²) in [5.41, 5.74) is 4.84. The molecule has 4 unspecified atom stereocenters. The molecule has 0 aromatic rings. The average molecular weight is 206 g/mol. The molecule has 3 heteroatoms. The zero-order valence-electron chi connectivity index (χ0n) is 8.74. The summed E-state index contributed by atoms with van der Waals surface area (Å²) < 4.78 is 0. The Morgan fingerprint density at radius 2 is 2.20 bits per heavy atom. The Labute approximate surface area is 89.4 Å². The van der Waals surface area contributed by atoms with Gasteiger partial charge in [0, 0.05) is 5.41 Å². The molecule has 15 heavy (non-hydrogen) atoms. The summed E-state index contributed by atoms with van der Waals surface area (Å²) in [4.78, 5) is 22.8. The predicted octanol–water partition coefficient (Wildman–Crippen LogP) is 1.07. The van der Waals surface area contributed by atoms with Crippen LogP contribution in [0.4, 0.5) is 0 Å². The van der Waals surface area contributed by atoms with Crippen molar-refractivity contribution in [2.75, 3.05) is 0 Å². The molecule has 0 aromatic carbocycles. The minimum Gasteiger partial charge on any atom is -0.369 e. The van der Waals surface area contributed by atoms with Crippen LogP contribution in [-0.4, -0.2) is 12.2 Å². The van der Waals surface area contributed by atoms with Crippen LogP contribution in [0.15, 0.2) is 0 Å². The van der Waals surface area contributed by atoms with Gasteiger partial charge in [0.15, 0.2) is 0 Å². The van der Waals surface area contributed by atoms with Crippen LogP contribution in [0.1, 0.15) is 32.1 Å². The number of carbonyl (C=O) groups is 2. The van der Waals surface area contributed by atoms with Crippen LogP contribution < -0.4 is 5.73 Å². The van der Waals surface area contributed by atoms with Gasteiger partial charge in [-0.15, -0.1) is 0 Å². The van der Waals surface area contributed by atoms with E-state index in [0.717, 1.165) is 32.0 Å². The van der Waals surface area contributed by atoms with E-state index < -0.39 is 5.41 Å². The maximum absolute atomic E-state index is 11.6. The van der Waals surface area contributed by atoms with Gasteiger partial charge in [-0.25, -0.2) is 0 Å². The third kappa shape index (κ3) is 1.12. The van der Waals surface area contributed by atoms with E-state index in [1.807, 2.05) is 0 Å². The largest absolute Gasteiger partial charge is 0.369 e. The van der Waals surface area contributed by atoms with Crippen molar-refractivity contribution in [1.82, 2.24) is 0 Å². The Kier molecular flexibility index (Phi) is 1.64. The highest BCUT2D eigenvalue weighted by Gasteiger charge is 2.60. The molecule has 0 saturated heterocycles. The molecule has 3 nitrogen and oxygen atoms in total. The van der Waals surface area contributed by atoms with Gasteiger partial charge in [0.2, 0.25) is 5.91 Å². The van der Waals surface area contributed by atoms with E-state index >= 15 is 0 Å².